The molecule has 3 aromatic rings. The van der Waals surface area contributed by atoms with Crippen LogP contribution in [0.3, 0.4) is 0 Å². The summed E-state index contributed by atoms with van der Waals surface area (Å²) in [5.74, 6) is -0.310. The Hall–Kier alpha value is -2.84. The van der Waals surface area contributed by atoms with E-state index in [2.05, 4.69) is 21.7 Å². The van der Waals surface area contributed by atoms with E-state index in [9.17, 15) is 9.59 Å². The van der Waals surface area contributed by atoms with Gasteiger partial charge in [0.1, 0.15) is 0 Å². The highest BCUT2D eigenvalue weighted by Crippen LogP contribution is 2.28. The molecule has 0 saturated heterocycles. The van der Waals surface area contributed by atoms with Crippen LogP contribution in [0.1, 0.15) is 5.56 Å². The van der Waals surface area contributed by atoms with Gasteiger partial charge in [-0.1, -0.05) is 36.0 Å². The molecule has 28 heavy (non-hydrogen) atoms. The largest absolute Gasteiger partial charge is 0.383 e. The van der Waals surface area contributed by atoms with Crippen molar-refractivity contribution in [2.45, 2.75) is 12.1 Å². The molecule has 146 valence electrons. The molecule has 1 heterocycles. The van der Waals surface area contributed by atoms with Crippen LogP contribution in [-0.4, -0.2) is 47.5 Å². The lowest BCUT2D eigenvalue weighted by Crippen LogP contribution is -2.41. The van der Waals surface area contributed by atoms with E-state index >= 15 is 0 Å². The zero-order valence-corrected chi connectivity index (χ0v) is 16.6. The Labute approximate surface area is 167 Å². The first-order chi connectivity index (χ1) is 13.6. The van der Waals surface area contributed by atoms with Crippen LogP contribution in [0.25, 0.3) is 16.7 Å². The van der Waals surface area contributed by atoms with Crippen molar-refractivity contribution in [3.05, 3.63) is 54.1 Å². The van der Waals surface area contributed by atoms with Crippen LogP contribution in [0.15, 0.2) is 53.7 Å². The van der Waals surface area contributed by atoms with Gasteiger partial charge in [-0.05, 0) is 36.8 Å². The van der Waals surface area contributed by atoms with E-state index in [1.165, 1.54) is 11.8 Å². The average Bonchev–Trinajstić information content (AvgIpc) is 3.05. The maximum atomic E-state index is 12.1. The molecule has 0 fully saturated rings. The Kier molecular flexibility index (Phi) is 6.67. The van der Waals surface area contributed by atoms with E-state index in [0.29, 0.717) is 18.3 Å². The van der Waals surface area contributed by atoms with Gasteiger partial charge in [-0.25, -0.2) is 9.78 Å². The number of ether oxygens (including phenoxy) is 1. The molecule has 3 amide bonds. The molecule has 1 aromatic heterocycles. The summed E-state index contributed by atoms with van der Waals surface area (Å²) < 4.78 is 6.88. The number of imidazole rings is 1. The molecule has 0 saturated carbocycles. The van der Waals surface area contributed by atoms with Crippen LogP contribution in [0, 0.1) is 6.92 Å². The van der Waals surface area contributed by atoms with E-state index in [-0.39, 0.29) is 11.7 Å². The van der Waals surface area contributed by atoms with E-state index < -0.39 is 6.03 Å². The van der Waals surface area contributed by atoms with Crippen molar-refractivity contribution in [2.75, 3.05) is 26.0 Å². The van der Waals surface area contributed by atoms with E-state index in [4.69, 9.17) is 4.74 Å². The number of benzene rings is 2. The number of aromatic nitrogens is 2. The summed E-state index contributed by atoms with van der Waals surface area (Å²) in [7, 11) is 1.54. The Morgan fingerprint density at radius 1 is 1.18 bits per heavy atom. The summed E-state index contributed by atoms with van der Waals surface area (Å²) in [6, 6.07) is 15.4. The van der Waals surface area contributed by atoms with Gasteiger partial charge in [-0.2, -0.15) is 0 Å². The first kappa shape index (κ1) is 19.9. The predicted molar refractivity (Wildman–Crippen MR) is 110 cm³/mol. The number of nitrogens with one attached hydrogen (secondary N) is 2. The Morgan fingerprint density at radius 3 is 2.79 bits per heavy atom. The quantitative estimate of drug-likeness (QED) is 0.472. The van der Waals surface area contributed by atoms with Gasteiger partial charge < -0.3 is 10.1 Å². The molecule has 0 aliphatic rings. The number of para-hydroxylation sites is 2. The number of hydrogen-bond donors (Lipinski definition) is 2. The zero-order chi connectivity index (χ0) is 19.9. The molecule has 0 radical (unpaired) electrons. The van der Waals surface area contributed by atoms with Crippen molar-refractivity contribution in [3.63, 3.8) is 0 Å². The lowest BCUT2D eigenvalue weighted by atomic mass is 10.2. The third-order valence-corrected chi connectivity index (χ3v) is 4.91. The van der Waals surface area contributed by atoms with Gasteiger partial charge in [0.2, 0.25) is 5.91 Å². The van der Waals surface area contributed by atoms with Crippen molar-refractivity contribution < 1.29 is 14.3 Å². The van der Waals surface area contributed by atoms with Crippen molar-refractivity contribution in [3.8, 4) is 5.69 Å². The molecule has 0 atom stereocenters. The molecular formula is C20H22N4O3S. The summed E-state index contributed by atoms with van der Waals surface area (Å²) in [5, 5.41) is 5.56. The van der Waals surface area contributed by atoms with Gasteiger partial charge in [-0.3, -0.25) is 14.7 Å². The average molecular weight is 398 g/mol. The highest BCUT2D eigenvalue weighted by molar-refractivity contribution is 7.99. The van der Waals surface area contributed by atoms with E-state index in [1.807, 2.05) is 54.0 Å². The molecule has 2 aromatic carbocycles. The highest BCUT2D eigenvalue weighted by atomic mass is 32.2. The fourth-order valence-electron chi connectivity index (χ4n) is 2.72. The summed E-state index contributed by atoms with van der Waals surface area (Å²) in [4.78, 5) is 28.5. The molecule has 0 unspecified atom stereocenters. The first-order valence-corrected chi connectivity index (χ1v) is 9.81. The number of carbonyl (C=O) groups excluding carboxylic acids is 2. The standard InChI is InChI=1S/C20H22N4O3S/c1-14-6-5-7-15(12-14)24-17-9-4-3-8-16(17)22-20(24)28-13-18(25)23-19(26)21-10-11-27-2/h3-9,12H,10-11,13H2,1-2H3,(H2,21,23,25,26). The van der Waals surface area contributed by atoms with Crippen molar-refractivity contribution in [1.82, 2.24) is 20.2 Å². The van der Waals surface area contributed by atoms with Gasteiger partial charge in [-0.15, -0.1) is 0 Å². The first-order valence-electron chi connectivity index (χ1n) is 8.82. The number of methoxy groups -OCH3 is 1. The molecule has 0 bridgehead atoms. The minimum absolute atomic E-state index is 0.0762. The Bertz CT molecular complexity index is 986. The molecule has 0 aliphatic heterocycles. The van der Waals surface area contributed by atoms with Gasteiger partial charge in [0.05, 0.1) is 23.4 Å². The molecule has 3 rings (SSSR count). The lowest BCUT2D eigenvalue weighted by Gasteiger charge is -2.10. The van der Waals surface area contributed by atoms with Crippen LogP contribution in [-0.2, 0) is 9.53 Å². The SMILES string of the molecule is COCCNC(=O)NC(=O)CSc1nc2ccccc2n1-c1cccc(C)c1. The summed E-state index contributed by atoms with van der Waals surface area (Å²) in [6.45, 7) is 2.76. The second kappa shape index (κ2) is 9.38. The summed E-state index contributed by atoms with van der Waals surface area (Å²) in [6.07, 6.45) is 0. The fraction of sp³-hybridized carbons (Fsp3) is 0.250. The van der Waals surface area contributed by atoms with Crippen LogP contribution < -0.4 is 10.6 Å². The minimum atomic E-state index is -0.533. The monoisotopic (exact) mass is 398 g/mol. The number of nitrogens with zero attached hydrogens (tertiary/aromatic N) is 2. The lowest BCUT2D eigenvalue weighted by molar-refractivity contribution is -0.117. The third kappa shape index (κ3) is 4.90. The minimum Gasteiger partial charge on any atom is -0.383 e. The molecule has 7 nitrogen and oxygen atoms in total. The van der Waals surface area contributed by atoms with Crippen LogP contribution in [0.4, 0.5) is 4.79 Å². The number of amides is 3. The number of fused-ring (bicyclic) bond motifs is 1. The van der Waals surface area contributed by atoms with Crippen LogP contribution in [0.2, 0.25) is 0 Å². The van der Waals surface area contributed by atoms with Gasteiger partial charge in [0, 0.05) is 19.3 Å². The van der Waals surface area contributed by atoms with Gasteiger partial charge in [0.15, 0.2) is 5.16 Å². The third-order valence-electron chi connectivity index (χ3n) is 3.97. The topological polar surface area (TPSA) is 85.2 Å². The van der Waals surface area contributed by atoms with Crippen molar-refractivity contribution in [1.29, 1.82) is 0 Å². The molecule has 0 aliphatic carbocycles. The van der Waals surface area contributed by atoms with E-state index in [1.54, 1.807) is 7.11 Å². The highest BCUT2D eigenvalue weighted by Gasteiger charge is 2.15. The number of aryl methyl sites for hydroxylation is 1. The number of thioether (sulfide) groups is 1. The second-order valence-electron chi connectivity index (χ2n) is 6.14. The smallest absolute Gasteiger partial charge is 0.321 e. The molecule has 8 heteroatoms. The zero-order valence-electron chi connectivity index (χ0n) is 15.8. The molecular weight excluding hydrogens is 376 g/mol. The Morgan fingerprint density at radius 2 is 2.00 bits per heavy atom. The maximum Gasteiger partial charge on any atom is 0.321 e. The summed E-state index contributed by atoms with van der Waals surface area (Å²) in [5.41, 5.74) is 3.93. The van der Waals surface area contributed by atoms with Crippen molar-refractivity contribution in [2.24, 2.45) is 0 Å². The normalized spacial score (nSPS) is 10.8. The van der Waals surface area contributed by atoms with Crippen LogP contribution >= 0.6 is 11.8 Å². The van der Waals surface area contributed by atoms with Gasteiger partial charge in [0.25, 0.3) is 0 Å². The number of urea groups is 1. The number of hydrogen-bond acceptors (Lipinski definition) is 5. The maximum absolute atomic E-state index is 12.1. The number of rotatable bonds is 7. The Balaban J connectivity index is 1.75. The van der Waals surface area contributed by atoms with Gasteiger partial charge >= 0.3 is 6.03 Å². The van der Waals surface area contributed by atoms with E-state index in [0.717, 1.165) is 22.3 Å². The molecule has 0 spiro atoms. The number of carbonyl (C=O) groups is 2. The summed E-state index contributed by atoms with van der Waals surface area (Å²) >= 11 is 1.29. The van der Waals surface area contributed by atoms with Crippen molar-refractivity contribution >= 4 is 34.7 Å². The number of imide groups is 1. The molecule has 2 N–H and O–H groups in total. The second-order valence-corrected chi connectivity index (χ2v) is 7.09. The van der Waals surface area contributed by atoms with Crippen LogP contribution in [0.5, 0.6) is 0 Å². The predicted octanol–water partition coefficient (Wildman–Crippen LogP) is 2.90. The fourth-order valence-corrected chi connectivity index (χ4v) is 3.55.